The molecule has 0 radical (unpaired) electrons. The van der Waals surface area contributed by atoms with Crippen LogP contribution < -0.4 is 4.90 Å². The van der Waals surface area contributed by atoms with E-state index in [4.69, 9.17) is 11.6 Å². The van der Waals surface area contributed by atoms with Crippen LogP contribution in [0.15, 0.2) is 41.3 Å². The van der Waals surface area contributed by atoms with Gasteiger partial charge in [0.25, 0.3) is 5.91 Å². The molecule has 1 aliphatic rings. The van der Waals surface area contributed by atoms with Gasteiger partial charge in [-0.1, -0.05) is 23.7 Å². The number of halogens is 1. The molecule has 22 heavy (non-hydrogen) atoms. The summed E-state index contributed by atoms with van der Waals surface area (Å²) < 4.78 is 24.2. The van der Waals surface area contributed by atoms with Gasteiger partial charge in [-0.2, -0.15) is 0 Å². The predicted octanol–water partition coefficient (Wildman–Crippen LogP) is 2.14. The smallest absolute Gasteiger partial charge is 0.259 e. The molecule has 1 aliphatic heterocycles. The Morgan fingerprint density at radius 2 is 1.86 bits per heavy atom. The second kappa shape index (κ2) is 4.89. The van der Waals surface area contributed by atoms with Crippen molar-refractivity contribution in [3.05, 3.63) is 47.0 Å². The van der Waals surface area contributed by atoms with Gasteiger partial charge in [-0.05, 0) is 24.3 Å². The molecule has 0 aliphatic carbocycles. The monoisotopic (exact) mass is 339 g/mol. The first-order chi connectivity index (χ1) is 10.3. The van der Waals surface area contributed by atoms with Crippen molar-refractivity contribution in [2.24, 2.45) is 0 Å². The minimum Gasteiger partial charge on any atom is -0.504 e. The summed E-state index contributed by atoms with van der Waals surface area (Å²) in [4.78, 5) is 13.7. The Labute approximate surface area is 131 Å². The van der Waals surface area contributed by atoms with Crippen molar-refractivity contribution in [1.29, 1.82) is 0 Å². The molecule has 0 aromatic heterocycles. The maximum Gasteiger partial charge on any atom is 0.259 e. The molecule has 1 amide bonds. The normalized spacial score (nSPS) is 15.6. The third-order valence-electron chi connectivity index (χ3n) is 3.33. The zero-order valence-corrected chi connectivity index (χ0v) is 12.6. The van der Waals surface area contributed by atoms with Crippen LogP contribution in [0.1, 0.15) is 10.4 Å². The lowest BCUT2D eigenvalue weighted by Crippen LogP contribution is -2.30. The van der Waals surface area contributed by atoms with Gasteiger partial charge in [-0.3, -0.25) is 9.69 Å². The van der Waals surface area contributed by atoms with Gasteiger partial charge in [-0.15, -0.1) is 0 Å². The highest BCUT2D eigenvalue weighted by Gasteiger charge is 2.36. The molecule has 0 spiro atoms. The SMILES string of the molecule is O=C(c1cc(O)c(O)c(Cl)c1)N1CS(=O)(=O)c2ccccc21. The van der Waals surface area contributed by atoms with Crippen LogP contribution >= 0.6 is 11.6 Å². The van der Waals surface area contributed by atoms with Crippen LogP contribution in [0, 0.1) is 0 Å². The summed E-state index contributed by atoms with van der Waals surface area (Å²) in [5.41, 5.74) is 0.253. The lowest BCUT2D eigenvalue weighted by atomic mass is 10.1. The highest BCUT2D eigenvalue weighted by atomic mass is 35.5. The summed E-state index contributed by atoms with van der Waals surface area (Å²) in [5.74, 6) is -2.20. The number of sulfone groups is 1. The van der Waals surface area contributed by atoms with E-state index in [1.165, 1.54) is 18.2 Å². The van der Waals surface area contributed by atoms with Crippen molar-refractivity contribution in [2.45, 2.75) is 4.90 Å². The summed E-state index contributed by atoms with van der Waals surface area (Å²) in [6, 6.07) is 8.37. The number of fused-ring (bicyclic) bond motifs is 1. The maximum absolute atomic E-state index is 12.5. The number of rotatable bonds is 1. The van der Waals surface area contributed by atoms with Crippen molar-refractivity contribution in [3.8, 4) is 11.5 Å². The second-order valence-corrected chi connectivity index (χ2v) is 7.11. The molecule has 0 atom stereocenters. The molecular weight excluding hydrogens is 330 g/mol. The Kier molecular flexibility index (Phi) is 3.26. The number of para-hydroxylation sites is 1. The predicted molar refractivity (Wildman–Crippen MR) is 80.1 cm³/mol. The first kappa shape index (κ1) is 14.7. The Hall–Kier alpha value is -2.25. The fourth-order valence-corrected chi connectivity index (χ4v) is 4.02. The van der Waals surface area contributed by atoms with Gasteiger partial charge >= 0.3 is 0 Å². The van der Waals surface area contributed by atoms with Crippen LogP contribution in [0.4, 0.5) is 5.69 Å². The molecular formula is C14H10ClNO5S. The lowest BCUT2D eigenvalue weighted by molar-refractivity contribution is 0.0991. The molecule has 2 aromatic carbocycles. The molecule has 6 nitrogen and oxygen atoms in total. The zero-order chi connectivity index (χ0) is 16.1. The van der Waals surface area contributed by atoms with Crippen molar-refractivity contribution in [3.63, 3.8) is 0 Å². The van der Waals surface area contributed by atoms with E-state index >= 15 is 0 Å². The first-order valence-electron chi connectivity index (χ1n) is 6.16. The van der Waals surface area contributed by atoms with E-state index in [1.807, 2.05) is 0 Å². The third kappa shape index (κ3) is 2.18. The van der Waals surface area contributed by atoms with Crippen molar-refractivity contribution < 1.29 is 23.4 Å². The van der Waals surface area contributed by atoms with Gasteiger partial charge in [-0.25, -0.2) is 8.42 Å². The van der Waals surface area contributed by atoms with Crippen LogP contribution in [0.2, 0.25) is 5.02 Å². The Balaban J connectivity index is 2.08. The number of hydrogen-bond donors (Lipinski definition) is 2. The summed E-state index contributed by atoms with van der Waals surface area (Å²) in [6.45, 7) is 0. The van der Waals surface area contributed by atoms with Crippen molar-refractivity contribution in [1.82, 2.24) is 0 Å². The average Bonchev–Trinajstić information content (AvgIpc) is 2.76. The molecule has 0 saturated carbocycles. The molecule has 0 saturated heterocycles. The summed E-state index contributed by atoms with van der Waals surface area (Å²) >= 11 is 5.73. The second-order valence-electron chi connectivity index (χ2n) is 4.77. The highest BCUT2D eigenvalue weighted by Crippen LogP contribution is 2.37. The molecule has 114 valence electrons. The van der Waals surface area contributed by atoms with E-state index in [-0.39, 0.29) is 21.2 Å². The average molecular weight is 340 g/mol. The maximum atomic E-state index is 12.5. The van der Waals surface area contributed by atoms with Gasteiger partial charge < -0.3 is 10.2 Å². The minimum absolute atomic E-state index is 0.0211. The van der Waals surface area contributed by atoms with Gasteiger partial charge in [0.15, 0.2) is 21.3 Å². The molecule has 1 heterocycles. The number of carbonyl (C=O) groups is 1. The number of aromatic hydroxyl groups is 2. The standard InChI is InChI=1S/C14H10ClNO5S/c15-9-5-8(6-11(17)13(9)18)14(19)16-7-22(20,21)12-4-2-1-3-10(12)16/h1-6,17-18H,7H2. The fraction of sp³-hybridized carbons (Fsp3) is 0.0714. The van der Waals surface area contributed by atoms with E-state index in [2.05, 4.69) is 0 Å². The summed E-state index contributed by atoms with van der Waals surface area (Å²) in [6.07, 6.45) is 0. The van der Waals surface area contributed by atoms with E-state index in [0.717, 1.165) is 11.0 Å². The topological polar surface area (TPSA) is 94.9 Å². The Bertz CT molecular complexity index is 871. The molecule has 8 heteroatoms. The van der Waals surface area contributed by atoms with Gasteiger partial charge in [0.05, 0.1) is 15.6 Å². The van der Waals surface area contributed by atoms with E-state index in [9.17, 15) is 23.4 Å². The van der Waals surface area contributed by atoms with Crippen LogP contribution in [0.5, 0.6) is 11.5 Å². The minimum atomic E-state index is -3.58. The van der Waals surface area contributed by atoms with Crippen molar-refractivity contribution >= 4 is 33.0 Å². The van der Waals surface area contributed by atoms with Crippen LogP contribution in [-0.4, -0.2) is 30.4 Å². The fourth-order valence-electron chi connectivity index (χ4n) is 2.28. The molecule has 2 N–H and O–H groups in total. The largest absolute Gasteiger partial charge is 0.504 e. The molecule has 0 fully saturated rings. The molecule has 0 unspecified atom stereocenters. The molecule has 2 aromatic rings. The Morgan fingerprint density at radius 3 is 2.55 bits per heavy atom. The third-order valence-corrected chi connectivity index (χ3v) is 5.23. The van der Waals surface area contributed by atoms with Crippen LogP contribution in [-0.2, 0) is 9.84 Å². The Morgan fingerprint density at radius 1 is 1.18 bits per heavy atom. The van der Waals surface area contributed by atoms with E-state index in [1.54, 1.807) is 12.1 Å². The zero-order valence-electron chi connectivity index (χ0n) is 11.0. The first-order valence-corrected chi connectivity index (χ1v) is 8.19. The highest BCUT2D eigenvalue weighted by molar-refractivity contribution is 7.92. The number of nitrogens with zero attached hydrogens (tertiary/aromatic N) is 1. The number of anilines is 1. The number of phenolic OH excluding ortho intramolecular Hbond substituents is 2. The van der Waals surface area contributed by atoms with E-state index < -0.39 is 33.1 Å². The van der Waals surface area contributed by atoms with Crippen LogP contribution in [0.3, 0.4) is 0 Å². The van der Waals surface area contributed by atoms with E-state index in [0.29, 0.717) is 0 Å². The number of hydrogen-bond acceptors (Lipinski definition) is 5. The lowest BCUT2D eigenvalue weighted by Gasteiger charge is -2.16. The molecule has 3 rings (SSSR count). The number of amides is 1. The number of carbonyl (C=O) groups excluding carboxylic acids is 1. The number of benzene rings is 2. The van der Waals surface area contributed by atoms with Gasteiger partial charge in [0.1, 0.15) is 5.88 Å². The van der Waals surface area contributed by atoms with Gasteiger partial charge in [0.2, 0.25) is 0 Å². The van der Waals surface area contributed by atoms with Crippen molar-refractivity contribution in [2.75, 3.05) is 10.8 Å². The molecule has 0 bridgehead atoms. The summed E-state index contributed by atoms with van der Waals surface area (Å²) in [5, 5.41) is 18.8. The van der Waals surface area contributed by atoms with Crippen LogP contribution in [0.25, 0.3) is 0 Å². The summed E-state index contributed by atoms with van der Waals surface area (Å²) in [7, 11) is -3.58. The van der Waals surface area contributed by atoms with Gasteiger partial charge in [0, 0.05) is 5.56 Å². The quantitative estimate of drug-likeness (QED) is 0.776. The number of phenols is 2.